The van der Waals surface area contributed by atoms with Gasteiger partial charge in [0.2, 0.25) is 5.91 Å². The third-order valence-corrected chi connectivity index (χ3v) is 5.81. The second kappa shape index (κ2) is 6.92. The third-order valence-electron chi connectivity index (χ3n) is 4.61. The zero-order valence-electron chi connectivity index (χ0n) is 14.4. The largest absolute Gasteiger partial charge is 0.497 e. The van der Waals surface area contributed by atoms with Gasteiger partial charge in [0, 0.05) is 16.6 Å². The lowest BCUT2D eigenvalue weighted by Crippen LogP contribution is -2.28. The molecular weight excluding hydrogens is 350 g/mol. The molecule has 0 saturated heterocycles. The zero-order valence-corrected chi connectivity index (χ0v) is 15.3. The van der Waals surface area contributed by atoms with Crippen LogP contribution in [0.25, 0.3) is 10.2 Å². The fourth-order valence-electron chi connectivity index (χ4n) is 3.35. The monoisotopic (exact) mass is 369 g/mol. The van der Waals surface area contributed by atoms with Gasteiger partial charge in [-0.15, -0.1) is 11.3 Å². The molecular formula is C19H19N3O3S. The van der Waals surface area contributed by atoms with Gasteiger partial charge in [0.15, 0.2) is 0 Å². The zero-order chi connectivity index (χ0) is 18.1. The maximum absolute atomic E-state index is 12.9. The van der Waals surface area contributed by atoms with Crippen LogP contribution in [0.4, 0.5) is 5.69 Å². The van der Waals surface area contributed by atoms with Gasteiger partial charge < -0.3 is 10.1 Å². The first-order chi connectivity index (χ1) is 12.7. The van der Waals surface area contributed by atoms with Crippen LogP contribution < -0.4 is 15.6 Å². The summed E-state index contributed by atoms with van der Waals surface area (Å²) in [7, 11) is 1.57. The summed E-state index contributed by atoms with van der Waals surface area (Å²) in [5.74, 6) is 0.388. The quantitative estimate of drug-likeness (QED) is 0.767. The smallest absolute Gasteiger partial charge is 0.262 e. The molecule has 1 aliphatic rings. The van der Waals surface area contributed by atoms with Crippen molar-refractivity contribution in [3.05, 3.63) is 51.4 Å². The predicted molar refractivity (Wildman–Crippen MR) is 102 cm³/mol. The number of hydrogen-bond acceptors (Lipinski definition) is 5. The number of ether oxygens (including phenoxy) is 1. The number of nitrogens with one attached hydrogen (secondary N) is 1. The minimum absolute atomic E-state index is 0.0659. The van der Waals surface area contributed by atoms with Gasteiger partial charge >= 0.3 is 0 Å². The predicted octanol–water partition coefficient (Wildman–Crippen LogP) is 2.98. The van der Waals surface area contributed by atoms with Crippen molar-refractivity contribution < 1.29 is 9.53 Å². The molecule has 0 spiro atoms. The van der Waals surface area contributed by atoms with Crippen molar-refractivity contribution in [1.29, 1.82) is 0 Å². The number of carbonyl (C=O) groups excluding carboxylic acids is 1. The van der Waals surface area contributed by atoms with E-state index in [0.717, 1.165) is 36.1 Å². The van der Waals surface area contributed by atoms with Crippen molar-refractivity contribution in [2.75, 3.05) is 12.4 Å². The number of aromatic nitrogens is 2. The molecule has 0 fully saturated rings. The molecule has 1 aliphatic carbocycles. The number of nitrogens with zero attached hydrogens (tertiary/aromatic N) is 2. The van der Waals surface area contributed by atoms with E-state index < -0.39 is 0 Å². The second-order valence-corrected chi connectivity index (χ2v) is 7.43. The molecule has 2 aromatic heterocycles. The summed E-state index contributed by atoms with van der Waals surface area (Å²) in [5.41, 5.74) is 1.64. The Morgan fingerprint density at radius 2 is 2.19 bits per heavy atom. The van der Waals surface area contributed by atoms with E-state index in [2.05, 4.69) is 10.3 Å². The summed E-state index contributed by atoms with van der Waals surface area (Å²) in [5, 5.41) is 3.49. The molecule has 6 nitrogen and oxygen atoms in total. The summed E-state index contributed by atoms with van der Waals surface area (Å²) in [4.78, 5) is 31.7. The van der Waals surface area contributed by atoms with E-state index in [-0.39, 0.29) is 18.0 Å². The van der Waals surface area contributed by atoms with Crippen LogP contribution in [0, 0.1) is 0 Å². The minimum atomic E-state index is -0.273. The Bertz CT molecular complexity index is 1040. The number of amides is 1. The van der Waals surface area contributed by atoms with Crippen LogP contribution in [0.2, 0.25) is 0 Å². The maximum atomic E-state index is 12.9. The Balaban J connectivity index is 1.59. The number of methoxy groups -OCH3 is 1. The first-order valence-corrected chi connectivity index (χ1v) is 9.41. The lowest BCUT2D eigenvalue weighted by Gasteiger charge is -2.11. The normalized spacial score (nSPS) is 13.4. The van der Waals surface area contributed by atoms with Gasteiger partial charge in [0.05, 0.1) is 18.8 Å². The van der Waals surface area contributed by atoms with Crippen molar-refractivity contribution in [3.8, 4) is 5.75 Å². The molecule has 0 radical (unpaired) electrons. The van der Waals surface area contributed by atoms with E-state index in [9.17, 15) is 9.59 Å². The van der Waals surface area contributed by atoms with Gasteiger partial charge in [-0.1, -0.05) is 6.07 Å². The minimum Gasteiger partial charge on any atom is -0.497 e. The topological polar surface area (TPSA) is 73.2 Å². The van der Waals surface area contributed by atoms with Crippen molar-refractivity contribution >= 4 is 33.1 Å². The molecule has 2 heterocycles. The van der Waals surface area contributed by atoms with E-state index in [1.54, 1.807) is 42.7 Å². The summed E-state index contributed by atoms with van der Waals surface area (Å²) in [6, 6.07) is 7.11. The third kappa shape index (κ3) is 3.10. The molecule has 26 heavy (non-hydrogen) atoms. The molecule has 1 N–H and O–H groups in total. The van der Waals surface area contributed by atoms with Gasteiger partial charge in [-0.2, -0.15) is 0 Å². The van der Waals surface area contributed by atoms with Crippen LogP contribution in [0.3, 0.4) is 0 Å². The summed E-state index contributed by atoms with van der Waals surface area (Å²) in [6.45, 7) is -0.0659. The molecule has 0 bridgehead atoms. The van der Waals surface area contributed by atoms with Gasteiger partial charge in [0.25, 0.3) is 5.56 Å². The Kier molecular flexibility index (Phi) is 4.46. The molecule has 3 aromatic rings. The SMILES string of the molecule is COc1cccc(NC(=O)Cn2cnc3sc4c(c3c2=O)CCCC4)c1. The number of rotatable bonds is 4. The first-order valence-electron chi connectivity index (χ1n) is 8.59. The molecule has 1 amide bonds. The molecule has 4 rings (SSSR count). The van der Waals surface area contributed by atoms with Gasteiger partial charge in [-0.25, -0.2) is 4.98 Å². The van der Waals surface area contributed by atoms with Crippen LogP contribution in [0.15, 0.2) is 35.4 Å². The van der Waals surface area contributed by atoms with Crippen molar-refractivity contribution in [1.82, 2.24) is 9.55 Å². The Hall–Kier alpha value is -2.67. The van der Waals surface area contributed by atoms with E-state index in [1.807, 2.05) is 0 Å². The van der Waals surface area contributed by atoms with Gasteiger partial charge in [0.1, 0.15) is 17.1 Å². The number of aryl methyl sites for hydroxylation is 2. The highest BCUT2D eigenvalue weighted by atomic mass is 32.1. The highest BCUT2D eigenvalue weighted by Gasteiger charge is 2.20. The molecule has 0 aliphatic heterocycles. The fraction of sp³-hybridized carbons (Fsp3) is 0.316. The lowest BCUT2D eigenvalue weighted by molar-refractivity contribution is -0.116. The average molecular weight is 369 g/mol. The first kappa shape index (κ1) is 16.8. The van der Waals surface area contributed by atoms with Gasteiger partial charge in [-0.3, -0.25) is 14.2 Å². The van der Waals surface area contributed by atoms with Gasteiger partial charge in [-0.05, 0) is 43.4 Å². The highest BCUT2D eigenvalue weighted by Crippen LogP contribution is 2.33. The second-order valence-electron chi connectivity index (χ2n) is 6.35. The van der Waals surface area contributed by atoms with E-state index >= 15 is 0 Å². The average Bonchev–Trinajstić information content (AvgIpc) is 3.03. The molecule has 0 atom stereocenters. The molecule has 7 heteroatoms. The fourth-order valence-corrected chi connectivity index (χ4v) is 4.57. The summed E-state index contributed by atoms with van der Waals surface area (Å²) >= 11 is 1.61. The maximum Gasteiger partial charge on any atom is 0.262 e. The van der Waals surface area contributed by atoms with Crippen molar-refractivity contribution in [3.63, 3.8) is 0 Å². The number of thiophene rings is 1. The van der Waals surface area contributed by atoms with E-state index in [1.165, 1.54) is 15.8 Å². The lowest BCUT2D eigenvalue weighted by atomic mass is 9.97. The highest BCUT2D eigenvalue weighted by molar-refractivity contribution is 7.18. The van der Waals surface area contributed by atoms with Crippen molar-refractivity contribution in [2.45, 2.75) is 32.2 Å². The number of hydrogen-bond donors (Lipinski definition) is 1. The van der Waals surface area contributed by atoms with Crippen LogP contribution in [0.1, 0.15) is 23.3 Å². The van der Waals surface area contributed by atoms with Crippen LogP contribution in [-0.4, -0.2) is 22.6 Å². The summed E-state index contributed by atoms with van der Waals surface area (Å²) in [6.07, 6.45) is 5.68. The number of anilines is 1. The summed E-state index contributed by atoms with van der Waals surface area (Å²) < 4.78 is 6.54. The van der Waals surface area contributed by atoms with Crippen molar-refractivity contribution in [2.24, 2.45) is 0 Å². The Morgan fingerprint density at radius 1 is 1.35 bits per heavy atom. The van der Waals surface area contributed by atoms with Crippen LogP contribution >= 0.6 is 11.3 Å². The molecule has 1 aromatic carbocycles. The Morgan fingerprint density at radius 3 is 3.04 bits per heavy atom. The molecule has 134 valence electrons. The molecule has 0 unspecified atom stereocenters. The number of benzene rings is 1. The van der Waals surface area contributed by atoms with E-state index in [0.29, 0.717) is 16.8 Å². The number of fused-ring (bicyclic) bond motifs is 3. The molecule has 0 saturated carbocycles. The Labute approximate surface area is 154 Å². The van der Waals surface area contributed by atoms with Crippen LogP contribution in [-0.2, 0) is 24.2 Å². The van der Waals surface area contributed by atoms with Crippen LogP contribution in [0.5, 0.6) is 5.75 Å². The number of carbonyl (C=O) groups is 1. The standard InChI is InChI=1S/C19H19N3O3S/c1-25-13-6-4-5-12(9-13)21-16(23)10-22-11-20-18-17(19(22)24)14-7-2-3-8-15(14)26-18/h4-6,9,11H,2-3,7-8,10H2,1H3,(H,21,23). The van der Waals surface area contributed by atoms with E-state index in [4.69, 9.17) is 4.74 Å².